The van der Waals surface area contributed by atoms with Gasteiger partial charge in [0, 0.05) is 43.5 Å². The maximum Gasteiger partial charge on any atom is 0.0642 e. The average Bonchev–Trinajstić information content (AvgIpc) is 3.80. The zero-order valence-corrected chi connectivity index (χ0v) is 31.5. The maximum absolute atomic E-state index is 5.93. The topological polar surface area (TPSA) is 24.9 Å². The molecule has 0 radical (unpaired) electrons. The van der Waals surface area contributed by atoms with Crippen LogP contribution in [0.3, 0.4) is 0 Å². The van der Waals surface area contributed by atoms with Gasteiger partial charge >= 0.3 is 0 Å². The summed E-state index contributed by atoms with van der Waals surface area (Å²) in [5.41, 5.74) is 14.7. The van der Waals surface area contributed by atoms with Crippen molar-refractivity contribution >= 4 is 11.4 Å². The van der Waals surface area contributed by atoms with E-state index in [9.17, 15) is 0 Å². The summed E-state index contributed by atoms with van der Waals surface area (Å²) in [6.45, 7) is 20.6. The Morgan fingerprint density at radius 3 is 1.43 bits per heavy atom. The molecule has 264 valence electrons. The largest absolute Gasteiger partial charge is 0.378 e. The molecule has 0 atom stereocenters. The van der Waals surface area contributed by atoms with E-state index in [4.69, 9.17) is 9.47 Å². The quantitative estimate of drug-likeness (QED) is 0.203. The summed E-state index contributed by atoms with van der Waals surface area (Å²) < 4.78 is 11.9. The smallest absolute Gasteiger partial charge is 0.0642 e. The number of hydrogen-bond donors (Lipinski definition) is 0. The fraction of sp³-hybridized carbons (Fsp3) is 0.404. The van der Waals surface area contributed by atoms with E-state index in [2.05, 4.69) is 154 Å². The monoisotopic (exact) mass is 678 g/mol. The number of rotatable bonds is 6. The zero-order chi connectivity index (χ0) is 35.4. The van der Waals surface area contributed by atoms with E-state index in [0.29, 0.717) is 0 Å². The molecule has 4 heteroatoms. The van der Waals surface area contributed by atoms with Crippen LogP contribution in [0.5, 0.6) is 0 Å². The molecule has 4 nitrogen and oxygen atoms in total. The first-order valence-electron chi connectivity index (χ1n) is 19.1. The highest BCUT2D eigenvalue weighted by molar-refractivity contribution is 5.85. The van der Waals surface area contributed by atoms with E-state index in [1.54, 1.807) is 0 Å². The van der Waals surface area contributed by atoms with Gasteiger partial charge in [-0.15, -0.1) is 0 Å². The molecule has 0 amide bonds. The molecule has 2 saturated heterocycles. The van der Waals surface area contributed by atoms with Crippen LogP contribution in [0.25, 0.3) is 11.1 Å². The summed E-state index contributed by atoms with van der Waals surface area (Å²) in [6.07, 6.45) is 8.03. The predicted molar refractivity (Wildman–Crippen MR) is 213 cm³/mol. The van der Waals surface area contributed by atoms with E-state index in [0.717, 1.165) is 59.0 Å². The maximum atomic E-state index is 5.93. The van der Waals surface area contributed by atoms with Crippen LogP contribution in [0.4, 0.5) is 11.4 Å². The van der Waals surface area contributed by atoms with E-state index >= 15 is 0 Å². The Kier molecular flexibility index (Phi) is 8.75. The van der Waals surface area contributed by atoms with Crippen LogP contribution in [0.15, 0.2) is 109 Å². The molecular formula is C47H54N2O2. The zero-order valence-electron chi connectivity index (χ0n) is 31.5. The van der Waals surface area contributed by atoms with Gasteiger partial charge in [0.1, 0.15) is 0 Å². The second-order valence-corrected chi connectivity index (χ2v) is 16.9. The molecule has 0 saturated carbocycles. The Hall–Kier alpha value is -4.12. The van der Waals surface area contributed by atoms with Crippen molar-refractivity contribution < 1.29 is 9.47 Å². The molecule has 0 aromatic heterocycles. The summed E-state index contributed by atoms with van der Waals surface area (Å²) in [5, 5.41) is 0. The molecular weight excluding hydrogens is 625 g/mol. The fourth-order valence-corrected chi connectivity index (χ4v) is 9.16. The third-order valence-corrected chi connectivity index (χ3v) is 11.8. The van der Waals surface area contributed by atoms with E-state index < -0.39 is 5.41 Å². The Balaban J connectivity index is 1.53. The number of hydrogen-bond acceptors (Lipinski definition) is 4. The number of para-hydroxylation sites is 2. The summed E-state index contributed by atoms with van der Waals surface area (Å²) in [5.74, 6) is 0.0441. The van der Waals surface area contributed by atoms with Crippen LogP contribution in [-0.4, -0.2) is 52.6 Å². The molecule has 4 aromatic carbocycles. The van der Waals surface area contributed by atoms with Crippen LogP contribution in [0.1, 0.15) is 87.3 Å². The summed E-state index contributed by atoms with van der Waals surface area (Å²) in [6, 6.07) is 33.5. The predicted octanol–water partition coefficient (Wildman–Crippen LogP) is 9.94. The van der Waals surface area contributed by atoms with Crippen molar-refractivity contribution in [1.29, 1.82) is 0 Å². The van der Waals surface area contributed by atoms with Gasteiger partial charge in [-0.25, -0.2) is 0 Å². The van der Waals surface area contributed by atoms with Crippen molar-refractivity contribution in [3.63, 3.8) is 0 Å². The van der Waals surface area contributed by atoms with Gasteiger partial charge in [-0.2, -0.15) is 0 Å². The van der Waals surface area contributed by atoms with Crippen LogP contribution in [-0.2, 0) is 25.7 Å². The van der Waals surface area contributed by atoms with Crippen LogP contribution in [0.2, 0.25) is 0 Å². The van der Waals surface area contributed by atoms with Gasteiger partial charge in [0.15, 0.2) is 0 Å². The third kappa shape index (κ3) is 5.85. The van der Waals surface area contributed by atoms with Gasteiger partial charge in [-0.3, -0.25) is 0 Å². The molecule has 4 aliphatic rings. The summed E-state index contributed by atoms with van der Waals surface area (Å²) >= 11 is 0. The second kappa shape index (κ2) is 13.1. The average molecular weight is 679 g/mol. The van der Waals surface area contributed by atoms with Gasteiger partial charge in [0.25, 0.3) is 0 Å². The molecule has 8 rings (SSSR count). The lowest BCUT2D eigenvalue weighted by Crippen LogP contribution is -2.44. The van der Waals surface area contributed by atoms with Crippen LogP contribution in [0, 0.1) is 0 Å². The van der Waals surface area contributed by atoms with Crippen molar-refractivity contribution in [2.45, 2.75) is 70.1 Å². The van der Waals surface area contributed by atoms with Crippen molar-refractivity contribution in [2.75, 3.05) is 62.4 Å². The Bertz CT molecular complexity index is 1850. The molecule has 0 N–H and O–H groups in total. The highest BCUT2D eigenvalue weighted by Gasteiger charge is 2.53. The van der Waals surface area contributed by atoms with Gasteiger partial charge in [0.05, 0.1) is 31.8 Å². The van der Waals surface area contributed by atoms with E-state index in [1.807, 2.05) is 0 Å². The number of benzene rings is 4. The molecule has 0 unspecified atom stereocenters. The first-order valence-corrected chi connectivity index (χ1v) is 19.1. The Morgan fingerprint density at radius 1 is 0.569 bits per heavy atom. The minimum atomic E-state index is -0.514. The highest BCUT2D eigenvalue weighted by Crippen LogP contribution is 2.63. The first kappa shape index (κ1) is 34.0. The number of morpholine rings is 2. The molecule has 0 spiro atoms. The van der Waals surface area contributed by atoms with Gasteiger partial charge in [-0.05, 0) is 73.9 Å². The Morgan fingerprint density at radius 2 is 1.02 bits per heavy atom. The van der Waals surface area contributed by atoms with Crippen LogP contribution < -0.4 is 9.80 Å². The molecule has 2 fully saturated rings. The lowest BCUT2D eigenvalue weighted by Gasteiger charge is -2.47. The number of fused-ring (bicyclic) bond motifs is 3. The molecule has 4 aromatic rings. The third-order valence-electron chi connectivity index (χ3n) is 11.8. The first-order chi connectivity index (χ1) is 24.6. The van der Waals surface area contributed by atoms with Crippen molar-refractivity contribution in [3.05, 3.63) is 142 Å². The standard InChI is InChI=1S/C47H54N2O2/c1-45(2,3)34-19-21-36-37-22-20-35(46(4,5)6)32-39(37)44(38(36)31-34)47(33-13-7-8-14-33,40-15-9-11-17-42(40)48-23-27-50-28-24-48)41-16-10-12-18-43(41)49-25-29-51-30-26-49/h7-13,15-22,31-32,44H,14,23-30H2,1-6H3. The van der Waals surface area contributed by atoms with Crippen molar-refractivity contribution in [1.82, 2.24) is 0 Å². The van der Waals surface area contributed by atoms with Crippen molar-refractivity contribution in [3.8, 4) is 11.1 Å². The van der Waals surface area contributed by atoms with E-state index in [1.165, 1.54) is 61.5 Å². The van der Waals surface area contributed by atoms with Gasteiger partial charge < -0.3 is 19.3 Å². The SMILES string of the molecule is CC(C)(C)c1ccc2c(c1)C(C(C1=CC=CC1)(c1ccccc1N1CCOCC1)c1ccccc1N1CCOCC1)c1cc(C(C)(C)C)ccc1-2. The van der Waals surface area contributed by atoms with Crippen molar-refractivity contribution in [2.24, 2.45) is 0 Å². The molecule has 51 heavy (non-hydrogen) atoms. The minimum Gasteiger partial charge on any atom is -0.378 e. The number of nitrogens with zero attached hydrogens (tertiary/aromatic N) is 2. The molecule has 2 heterocycles. The number of ether oxygens (including phenoxy) is 2. The van der Waals surface area contributed by atoms with Crippen LogP contribution >= 0.6 is 0 Å². The normalized spacial score (nSPS) is 18.2. The number of allylic oxidation sites excluding steroid dienone is 4. The van der Waals surface area contributed by atoms with Gasteiger partial charge in [0.2, 0.25) is 0 Å². The van der Waals surface area contributed by atoms with E-state index in [-0.39, 0.29) is 16.7 Å². The molecule has 2 aliphatic heterocycles. The molecule has 2 aliphatic carbocycles. The highest BCUT2D eigenvalue weighted by atomic mass is 16.5. The Labute approximate surface area is 305 Å². The minimum absolute atomic E-state index is 0.0131. The summed E-state index contributed by atoms with van der Waals surface area (Å²) in [7, 11) is 0. The fourth-order valence-electron chi connectivity index (χ4n) is 9.16. The summed E-state index contributed by atoms with van der Waals surface area (Å²) in [4.78, 5) is 5.17. The number of anilines is 2. The lowest BCUT2D eigenvalue weighted by atomic mass is 9.57. The van der Waals surface area contributed by atoms with Gasteiger partial charge in [-0.1, -0.05) is 138 Å². The molecule has 0 bridgehead atoms. The second-order valence-electron chi connectivity index (χ2n) is 16.9. The lowest BCUT2D eigenvalue weighted by molar-refractivity contribution is 0.122.